The van der Waals surface area contributed by atoms with Gasteiger partial charge in [-0.05, 0) is 62.2 Å². The summed E-state index contributed by atoms with van der Waals surface area (Å²) in [6.07, 6.45) is 9.03. The molecule has 8 heteroatoms. The van der Waals surface area contributed by atoms with Gasteiger partial charge in [-0.15, -0.1) is 0 Å². The number of fused-ring (bicyclic) bond motifs is 1. The van der Waals surface area contributed by atoms with E-state index in [0.29, 0.717) is 51.2 Å². The van der Waals surface area contributed by atoms with Gasteiger partial charge in [-0.1, -0.05) is 18.0 Å². The third-order valence-corrected chi connectivity index (χ3v) is 6.42. The summed E-state index contributed by atoms with van der Waals surface area (Å²) in [5, 5.41) is 4.76. The number of rotatable bonds is 6. The van der Waals surface area contributed by atoms with Gasteiger partial charge in [0.2, 0.25) is 11.9 Å². The lowest BCUT2D eigenvalue weighted by Gasteiger charge is -2.24. The molecule has 0 saturated carbocycles. The van der Waals surface area contributed by atoms with Crippen molar-refractivity contribution in [3.05, 3.63) is 71.9 Å². The average Bonchev–Trinajstić information content (AvgIpc) is 2.86. The highest BCUT2D eigenvalue weighted by Crippen LogP contribution is 2.40. The van der Waals surface area contributed by atoms with Crippen LogP contribution < -0.4 is 10.1 Å². The monoisotopic (exact) mass is 480 g/mol. The molecule has 1 unspecified atom stereocenters. The van der Waals surface area contributed by atoms with E-state index in [1.165, 1.54) is 37.4 Å². The van der Waals surface area contributed by atoms with Crippen LogP contribution in [0.3, 0.4) is 0 Å². The van der Waals surface area contributed by atoms with Gasteiger partial charge in [-0.3, -0.25) is 4.98 Å². The Bertz CT molecular complexity index is 1290. The molecule has 1 fully saturated rings. The Balaban J connectivity index is 1.58. The molecule has 0 amide bonds. The second-order valence-corrected chi connectivity index (χ2v) is 8.78. The van der Waals surface area contributed by atoms with Crippen LogP contribution in [0.2, 0.25) is 5.02 Å². The van der Waals surface area contributed by atoms with E-state index in [0.717, 1.165) is 24.8 Å². The second-order valence-electron chi connectivity index (χ2n) is 8.37. The normalized spacial score (nSPS) is 16.0. The summed E-state index contributed by atoms with van der Waals surface area (Å²) in [5.74, 6) is -0.489. The minimum Gasteiger partial charge on any atom is -0.492 e. The smallest absolute Gasteiger partial charge is 0.212 e. The van der Waals surface area contributed by atoms with Gasteiger partial charge < -0.3 is 10.1 Å². The lowest BCUT2D eigenvalue weighted by Crippen LogP contribution is -2.35. The zero-order valence-electron chi connectivity index (χ0n) is 18.4. The SMILES string of the molecule is Fc1ccc(-c2cc3c(OCCC4CCCCN4)c(-c4ccc(F)nc4)cnc3cc2Cl)cn1. The van der Waals surface area contributed by atoms with Gasteiger partial charge in [-0.25, -0.2) is 9.97 Å². The lowest BCUT2D eigenvalue weighted by molar-refractivity contribution is 0.271. The standard InChI is InChI=1S/C26H23ClF2N4O/c27-22-12-23-20(11-19(22)16-4-6-24(28)32-13-16)26(34-10-8-18-3-1-2-9-30-18)21(15-31-23)17-5-7-25(29)33-14-17/h4-7,11-15,18,30H,1-3,8-10H2. The van der Waals surface area contributed by atoms with Crippen molar-refractivity contribution in [3.8, 4) is 28.0 Å². The minimum atomic E-state index is -0.561. The Morgan fingerprint density at radius 2 is 1.65 bits per heavy atom. The van der Waals surface area contributed by atoms with E-state index in [-0.39, 0.29) is 0 Å². The van der Waals surface area contributed by atoms with Crippen molar-refractivity contribution < 1.29 is 13.5 Å². The third-order valence-electron chi connectivity index (χ3n) is 6.11. The van der Waals surface area contributed by atoms with Crippen LogP contribution in [0, 0.1) is 11.9 Å². The summed E-state index contributed by atoms with van der Waals surface area (Å²) in [6.45, 7) is 1.54. The van der Waals surface area contributed by atoms with Crippen molar-refractivity contribution >= 4 is 22.5 Å². The molecule has 0 aliphatic carbocycles. The topological polar surface area (TPSA) is 59.9 Å². The van der Waals surface area contributed by atoms with Crippen LogP contribution in [-0.2, 0) is 0 Å². The van der Waals surface area contributed by atoms with E-state index in [4.69, 9.17) is 16.3 Å². The van der Waals surface area contributed by atoms with Gasteiger partial charge in [0.15, 0.2) is 0 Å². The Hall–Kier alpha value is -3.16. The minimum absolute atomic E-state index is 0.424. The number of piperidine rings is 1. The molecule has 1 aliphatic heterocycles. The number of nitrogens with one attached hydrogen (secondary N) is 1. The molecule has 5 nitrogen and oxygen atoms in total. The molecule has 34 heavy (non-hydrogen) atoms. The van der Waals surface area contributed by atoms with Gasteiger partial charge >= 0.3 is 0 Å². The number of halogens is 3. The first kappa shape index (κ1) is 22.6. The van der Waals surface area contributed by atoms with Gasteiger partial charge in [0.05, 0.1) is 17.1 Å². The molecule has 5 rings (SSSR count). The number of hydrogen-bond acceptors (Lipinski definition) is 5. The molecule has 4 heterocycles. The lowest BCUT2D eigenvalue weighted by atomic mass is 10.0. The van der Waals surface area contributed by atoms with E-state index in [1.54, 1.807) is 24.4 Å². The maximum atomic E-state index is 13.5. The molecule has 1 N–H and O–H groups in total. The van der Waals surface area contributed by atoms with Crippen molar-refractivity contribution in [2.75, 3.05) is 13.2 Å². The number of nitrogens with zero attached hydrogens (tertiary/aromatic N) is 3. The predicted molar refractivity (Wildman–Crippen MR) is 129 cm³/mol. The quantitative estimate of drug-likeness (QED) is 0.333. The molecule has 1 atom stereocenters. The summed E-state index contributed by atoms with van der Waals surface area (Å²) < 4.78 is 33.2. The number of pyridine rings is 3. The maximum absolute atomic E-state index is 13.5. The summed E-state index contributed by atoms with van der Waals surface area (Å²) in [7, 11) is 0. The fourth-order valence-electron chi connectivity index (χ4n) is 4.32. The van der Waals surface area contributed by atoms with E-state index < -0.39 is 11.9 Å². The first-order valence-electron chi connectivity index (χ1n) is 11.3. The van der Waals surface area contributed by atoms with Crippen LogP contribution in [0.4, 0.5) is 8.78 Å². The van der Waals surface area contributed by atoms with Crippen molar-refractivity contribution in [3.63, 3.8) is 0 Å². The van der Waals surface area contributed by atoms with Crippen molar-refractivity contribution in [1.29, 1.82) is 0 Å². The fourth-order valence-corrected chi connectivity index (χ4v) is 4.58. The molecule has 0 spiro atoms. The van der Waals surface area contributed by atoms with Crippen LogP contribution >= 0.6 is 11.6 Å². The second kappa shape index (κ2) is 9.99. The Morgan fingerprint density at radius 3 is 2.29 bits per heavy atom. The molecule has 3 aromatic heterocycles. The molecule has 4 aromatic rings. The van der Waals surface area contributed by atoms with Crippen molar-refractivity contribution in [2.45, 2.75) is 31.7 Å². The Labute approximate surface area is 201 Å². The molecule has 1 saturated heterocycles. The largest absolute Gasteiger partial charge is 0.492 e. The van der Waals surface area contributed by atoms with Crippen LogP contribution in [-0.4, -0.2) is 34.1 Å². The molecule has 174 valence electrons. The number of hydrogen-bond donors (Lipinski definition) is 1. The Morgan fingerprint density at radius 1 is 0.912 bits per heavy atom. The van der Waals surface area contributed by atoms with Crippen molar-refractivity contribution in [2.24, 2.45) is 0 Å². The maximum Gasteiger partial charge on any atom is 0.212 e. The van der Waals surface area contributed by atoms with Crippen LogP contribution in [0.5, 0.6) is 5.75 Å². The van der Waals surface area contributed by atoms with Gasteiger partial charge in [-0.2, -0.15) is 8.78 Å². The summed E-state index contributed by atoms with van der Waals surface area (Å²) >= 11 is 6.55. The highest BCUT2D eigenvalue weighted by Gasteiger charge is 2.18. The first-order chi connectivity index (χ1) is 16.6. The van der Waals surface area contributed by atoms with Gasteiger partial charge in [0.1, 0.15) is 5.75 Å². The Kier molecular flexibility index (Phi) is 6.65. The highest BCUT2D eigenvalue weighted by molar-refractivity contribution is 6.34. The zero-order valence-corrected chi connectivity index (χ0v) is 19.2. The molecule has 0 radical (unpaired) electrons. The van der Waals surface area contributed by atoms with Crippen LogP contribution in [0.25, 0.3) is 33.2 Å². The molecule has 1 aliphatic rings. The van der Waals surface area contributed by atoms with E-state index in [1.807, 2.05) is 6.07 Å². The van der Waals surface area contributed by atoms with E-state index >= 15 is 0 Å². The van der Waals surface area contributed by atoms with Crippen LogP contribution in [0.1, 0.15) is 25.7 Å². The van der Waals surface area contributed by atoms with E-state index in [9.17, 15) is 8.78 Å². The van der Waals surface area contributed by atoms with Crippen LogP contribution in [0.15, 0.2) is 55.0 Å². The van der Waals surface area contributed by atoms with Crippen molar-refractivity contribution in [1.82, 2.24) is 20.3 Å². The third kappa shape index (κ3) is 4.86. The molecule has 1 aromatic carbocycles. The highest BCUT2D eigenvalue weighted by atomic mass is 35.5. The summed E-state index contributed by atoms with van der Waals surface area (Å²) in [4.78, 5) is 12.1. The number of ether oxygens (including phenoxy) is 1. The predicted octanol–water partition coefficient (Wildman–Crippen LogP) is 6.20. The molecular formula is C26H23ClF2N4O. The van der Waals surface area contributed by atoms with Gasteiger partial charge in [0, 0.05) is 52.3 Å². The average molecular weight is 481 g/mol. The summed E-state index contributed by atoms with van der Waals surface area (Å²) in [5.41, 5.74) is 3.44. The van der Waals surface area contributed by atoms with E-state index in [2.05, 4.69) is 20.3 Å². The first-order valence-corrected chi connectivity index (χ1v) is 11.7. The molecular weight excluding hydrogens is 458 g/mol. The van der Waals surface area contributed by atoms with Gasteiger partial charge in [0.25, 0.3) is 0 Å². The number of aromatic nitrogens is 3. The fraction of sp³-hybridized carbons (Fsp3) is 0.269. The zero-order chi connectivity index (χ0) is 23.5. The number of benzene rings is 1. The summed E-state index contributed by atoms with van der Waals surface area (Å²) in [6, 6.07) is 9.96. The molecule has 0 bridgehead atoms.